The van der Waals surface area contributed by atoms with Gasteiger partial charge >= 0.3 is 0 Å². The predicted octanol–water partition coefficient (Wildman–Crippen LogP) is 1.99. The summed E-state index contributed by atoms with van der Waals surface area (Å²) in [5, 5.41) is 7.32. The van der Waals surface area contributed by atoms with E-state index in [0.717, 1.165) is 6.54 Å². The van der Waals surface area contributed by atoms with Gasteiger partial charge < -0.3 is 0 Å². The average molecular weight is 98.1 g/mol. The Labute approximate surface area is 44.0 Å². The molecule has 0 radical (unpaired) electrons. The summed E-state index contributed by atoms with van der Waals surface area (Å²) in [5.74, 6) is 0. The summed E-state index contributed by atoms with van der Waals surface area (Å²) in [5.41, 5.74) is 1.25. The first-order valence-corrected chi connectivity index (χ1v) is 1.92. The van der Waals surface area contributed by atoms with Gasteiger partial charge in [-0.1, -0.05) is 7.43 Å². The molecular weight excluding hydrogens is 88.1 g/mol. The van der Waals surface area contributed by atoms with Crippen LogP contribution >= 0.6 is 0 Å². The molecule has 2 nitrogen and oxygen atoms in total. The van der Waals surface area contributed by atoms with Crippen molar-refractivity contribution in [3.63, 3.8) is 0 Å². The minimum atomic E-state index is 0. The zero-order valence-electron chi connectivity index (χ0n) is 3.68. The van der Waals surface area contributed by atoms with Crippen LogP contribution < -0.4 is 0 Å². The summed E-state index contributed by atoms with van der Waals surface area (Å²) >= 11 is 0. The van der Waals surface area contributed by atoms with E-state index in [4.69, 9.17) is 0 Å². The van der Waals surface area contributed by atoms with Crippen LogP contribution in [0.4, 0.5) is 0 Å². The first-order chi connectivity index (χ1) is 2.89. The Kier molecular flexibility index (Phi) is 2.27. The van der Waals surface area contributed by atoms with E-state index in [1.165, 1.54) is 5.57 Å². The van der Waals surface area contributed by atoms with Crippen molar-refractivity contribution in [3.05, 3.63) is 11.8 Å². The molecule has 1 aliphatic rings. The van der Waals surface area contributed by atoms with Crippen molar-refractivity contribution in [2.45, 2.75) is 14.4 Å². The standard InChI is InChI=1S/C4H6N2.CH4/c1-4-2-5-6-3-4;/h2H,3H2,1H3;1H4. The summed E-state index contributed by atoms with van der Waals surface area (Å²) < 4.78 is 0. The third kappa shape index (κ3) is 1.48. The highest BCUT2D eigenvalue weighted by Gasteiger charge is 1.88. The van der Waals surface area contributed by atoms with E-state index in [0.29, 0.717) is 0 Å². The minimum absolute atomic E-state index is 0. The Morgan fingerprint density at radius 2 is 2.43 bits per heavy atom. The molecule has 0 N–H and O–H groups in total. The summed E-state index contributed by atoms with van der Waals surface area (Å²) in [6, 6.07) is 0. The van der Waals surface area contributed by atoms with Crippen molar-refractivity contribution in [2.24, 2.45) is 10.2 Å². The van der Waals surface area contributed by atoms with Crippen LogP contribution in [0, 0.1) is 0 Å². The number of hydrogen-bond donors (Lipinski definition) is 0. The minimum Gasteiger partial charge on any atom is -0.185 e. The van der Waals surface area contributed by atoms with Gasteiger partial charge in [0, 0.05) is 6.20 Å². The van der Waals surface area contributed by atoms with Gasteiger partial charge in [-0.2, -0.15) is 10.2 Å². The van der Waals surface area contributed by atoms with Gasteiger partial charge in [0.1, 0.15) is 0 Å². The van der Waals surface area contributed by atoms with Crippen LogP contribution in [0.1, 0.15) is 14.4 Å². The second kappa shape index (κ2) is 2.50. The molecule has 0 unspecified atom stereocenters. The maximum atomic E-state index is 3.70. The van der Waals surface area contributed by atoms with Gasteiger partial charge in [0.25, 0.3) is 0 Å². The summed E-state index contributed by atoms with van der Waals surface area (Å²) in [7, 11) is 0. The van der Waals surface area contributed by atoms with E-state index in [2.05, 4.69) is 10.2 Å². The molecule has 1 heterocycles. The monoisotopic (exact) mass is 98.1 g/mol. The molecule has 0 aromatic carbocycles. The van der Waals surface area contributed by atoms with Crippen LogP contribution in [-0.2, 0) is 0 Å². The van der Waals surface area contributed by atoms with Gasteiger partial charge in [0.15, 0.2) is 0 Å². The maximum absolute atomic E-state index is 3.70. The predicted molar refractivity (Wildman–Crippen MR) is 30.2 cm³/mol. The highest BCUT2D eigenvalue weighted by atomic mass is 15.1. The largest absolute Gasteiger partial charge is 0.185 e. The summed E-state index contributed by atoms with van der Waals surface area (Å²) in [6.45, 7) is 2.82. The van der Waals surface area contributed by atoms with Gasteiger partial charge in [-0.15, -0.1) is 0 Å². The molecule has 1 rings (SSSR count). The smallest absolute Gasteiger partial charge is 0.0829 e. The van der Waals surface area contributed by atoms with Crippen LogP contribution in [0.2, 0.25) is 0 Å². The normalized spacial score (nSPS) is 15.9. The number of azo groups is 1. The molecule has 0 atom stereocenters. The SMILES string of the molecule is C.CC1=CN=NC1. The Morgan fingerprint density at radius 1 is 1.71 bits per heavy atom. The van der Waals surface area contributed by atoms with Crippen LogP contribution in [0.3, 0.4) is 0 Å². The molecule has 0 aromatic heterocycles. The Balaban J connectivity index is 0.000000360. The van der Waals surface area contributed by atoms with Crippen LogP contribution in [0.15, 0.2) is 22.0 Å². The van der Waals surface area contributed by atoms with Gasteiger partial charge in [-0.3, -0.25) is 0 Å². The van der Waals surface area contributed by atoms with Crippen molar-refractivity contribution >= 4 is 0 Å². The van der Waals surface area contributed by atoms with Crippen molar-refractivity contribution < 1.29 is 0 Å². The fourth-order valence-corrected chi connectivity index (χ4v) is 0.333. The first-order valence-electron chi connectivity index (χ1n) is 1.92. The van der Waals surface area contributed by atoms with E-state index in [1.54, 1.807) is 6.20 Å². The molecular formula is C5H10N2. The Morgan fingerprint density at radius 3 is 2.57 bits per heavy atom. The zero-order valence-corrected chi connectivity index (χ0v) is 3.68. The molecule has 0 bridgehead atoms. The van der Waals surface area contributed by atoms with Crippen molar-refractivity contribution in [1.29, 1.82) is 0 Å². The van der Waals surface area contributed by atoms with E-state index >= 15 is 0 Å². The van der Waals surface area contributed by atoms with E-state index in [-0.39, 0.29) is 7.43 Å². The lowest BCUT2D eigenvalue weighted by atomic mass is 10.4. The van der Waals surface area contributed by atoms with Crippen LogP contribution in [-0.4, -0.2) is 6.54 Å². The fourth-order valence-electron chi connectivity index (χ4n) is 0.333. The molecule has 0 amide bonds. The second-order valence-electron chi connectivity index (χ2n) is 1.39. The lowest BCUT2D eigenvalue weighted by molar-refractivity contribution is 1.10. The van der Waals surface area contributed by atoms with Crippen molar-refractivity contribution in [3.8, 4) is 0 Å². The van der Waals surface area contributed by atoms with Crippen LogP contribution in [0.5, 0.6) is 0 Å². The molecule has 0 saturated heterocycles. The maximum Gasteiger partial charge on any atom is 0.0829 e. The molecule has 7 heavy (non-hydrogen) atoms. The lowest BCUT2D eigenvalue weighted by Gasteiger charge is -1.74. The quantitative estimate of drug-likeness (QED) is 0.442. The molecule has 1 aliphatic heterocycles. The Bertz CT molecular complexity index is 103. The number of hydrogen-bond acceptors (Lipinski definition) is 2. The molecule has 0 spiro atoms. The average Bonchev–Trinajstić information content (AvgIpc) is 1.86. The topological polar surface area (TPSA) is 24.7 Å². The first kappa shape index (κ1) is 6.34. The molecule has 0 saturated carbocycles. The van der Waals surface area contributed by atoms with Gasteiger partial charge in [0.2, 0.25) is 0 Å². The fraction of sp³-hybridized carbons (Fsp3) is 0.600. The van der Waals surface area contributed by atoms with E-state index in [1.807, 2.05) is 6.92 Å². The van der Waals surface area contributed by atoms with Crippen molar-refractivity contribution in [1.82, 2.24) is 0 Å². The van der Waals surface area contributed by atoms with Gasteiger partial charge in [0.05, 0.1) is 6.54 Å². The number of nitrogens with zero attached hydrogens (tertiary/aromatic N) is 2. The summed E-state index contributed by atoms with van der Waals surface area (Å²) in [6.07, 6.45) is 1.78. The Hall–Kier alpha value is -0.660. The summed E-state index contributed by atoms with van der Waals surface area (Å²) in [4.78, 5) is 0. The number of rotatable bonds is 0. The van der Waals surface area contributed by atoms with E-state index < -0.39 is 0 Å². The highest BCUT2D eigenvalue weighted by Crippen LogP contribution is 2.00. The van der Waals surface area contributed by atoms with E-state index in [9.17, 15) is 0 Å². The molecule has 0 aliphatic carbocycles. The molecule has 0 fully saturated rings. The van der Waals surface area contributed by atoms with Crippen molar-refractivity contribution in [2.75, 3.05) is 6.54 Å². The molecule has 0 aromatic rings. The molecule has 40 valence electrons. The highest BCUT2D eigenvalue weighted by molar-refractivity contribution is 5.01. The van der Waals surface area contributed by atoms with Gasteiger partial charge in [-0.25, -0.2) is 0 Å². The third-order valence-corrected chi connectivity index (χ3v) is 0.680. The third-order valence-electron chi connectivity index (χ3n) is 0.680. The van der Waals surface area contributed by atoms with Crippen LogP contribution in [0.25, 0.3) is 0 Å². The second-order valence-corrected chi connectivity index (χ2v) is 1.39. The lowest BCUT2D eigenvalue weighted by Crippen LogP contribution is -1.70. The molecule has 2 heteroatoms. The van der Waals surface area contributed by atoms with Gasteiger partial charge in [-0.05, 0) is 12.5 Å². The zero-order chi connectivity index (χ0) is 4.41.